The van der Waals surface area contributed by atoms with E-state index in [0.29, 0.717) is 37.6 Å². The van der Waals surface area contributed by atoms with Crippen molar-refractivity contribution < 1.29 is 13.2 Å². The number of amides is 1. The fourth-order valence-electron chi connectivity index (χ4n) is 3.32. The molecular formula is C22H29N3O3S. The predicted molar refractivity (Wildman–Crippen MR) is 114 cm³/mol. The van der Waals surface area contributed by atoms with E-state index in [1.165, 1.54) is 9.87 Å². The molecule has 0 radical (unpaired) electrons. The standard InChI is InChI=1S/C22H29N3O3S/c1-17-4-7-20(8-5-17)15-23-22(26)16-24-10-12-25(13-11-24)29(27,28)21-9-6-18(2)19(3)14-21/h4-9,14H,10-13,15-16H2,1-3H3,(H,23,26). The van der Waals surface area contributed by atoms with E-state index in [4.69, 9.17) is 0 Å². The van der Waals surface area contributed by atoms with E-state index in [1.807, 2.05) is 56.0 Å². The first-order valence-electron chi connectivity index (χ1n) is 9.88. The Morgan fingerprint density at radius 2 is 1.59 bits per heavy atom. The lowest BCUT2D eigenvalue weighted by Crippen LogP contribution is -2.51. The molecule has 1 aliphatic rings. The summed E-state index contributed by atoms with van der Waals surface area (Å²) in [7, 11) is -3.50. The topological polar surface area (TPSA) is 69.7 Å². The monoisotopic (exact) mass is 415 g/mol. The van der Waals surface area contributed by atoms with Crippen LogP contribution in [0.4, 0.5) is 0 Å². The first-order valence-corrected chi connectivity index (χ1v) is 11.3. The van der Waals surface area contributed by atoms with Crippen LogP contribution in [0.3, 0.4) is 0 Å². The molecule has 0 unspecified atom stereocenters. The van der Waals surface area contributed by atoms with Crippen molar-refractivity contribution in [1.29, 1.82) is 0 Å². The highest BCUT2D eigenvalue weighted by Gasteiger charge is 2.29. The third kappa shape index (κ3) is 5.44. The molecule has 0 atom stereocenters. The van der Waals surface area contributed by atoms with Gasteiger partial charge in [-0.2, -0.15) is 4.31 Å². The molecule has 0 aliphatic carbocycles. The van der Waals surface area contributed by atoms with Gasteiger partial charge in [0.1, 0.15) is 0 Å². The Morgan fingerprint density at radius 1 is 0.931 bits per heavy atom. The van der Waals surface area contributed by atoms with Crippen molar-refractivity contribution in [2.75, 3.05) is 32.7 Å². The highest BCUT2D eigenvalue weighted by Crippen LogP contribution is 2.20. The van der Waals surface area contributed by atoms with Crippen LogP contribution in [0, 0.1) is 20.8 Å². The second-order valence-electron chi connectivity index (χ2n) is 7.69. The van der Waals surface area contributed by atoms with Gasteiger partial charge >= 0.3 is 0 Å². The molecule has 0 spiro atoms. The molecule has 1 fully saturated rings. The molecule has 7 heteroatoms. The van der Waals surface area contributed by atoms with Crippen LogP contribution >= 0.6 is 0 Å². The molecule has 0 bridgehead atoms. The third-order valence-electron chi connectivity index (χ3n) is 5.42. The Kier molecular flexibility index (Phi) is 6.72. The Morgan fingerprint density at radius 3 is 2.21 bits per heavy atom. The van der Waals surface area contributed by atoms with Crippen molar-refractivity contribution in [2.24, 2.45) is 0 Å². The predicted octanol–water partition coefficient (Wildman–Crippen LogP) is 2.23. The molecule has 0 saturated carbocycles. The number of nitrogens with one attached hydrogen (secondary N) is 1. The summed E-state index contributed by atoms with van der Waals surface area (Å²) in [5.41, 5.74) is 4.29. The number of sulfonamides is 1. The summed E-state index contributed by atoms with van der Waals surface area (Å²) in [6, 6.07) is 13.3. The summed E-state index contributed by atoms with van der Waals surface area (Å²) >= 11 is 0. The highest BCUT2D eigenvalue weighted by atomic mass is 32.2. The van der Waals surface area contributed by atoms with E-state index in [-0.39, 0.29) is 12.5 Å². The molecule has 2 aromatic rings. The fourth-order valence-corrected chi connectivity index (χ4v) is 4.82. The summed E-state index contributed by atoms with van der Waals surface area (Å²) in [5.74, 6) is -0.0453. The quantitative estimate of drug-likeness (QED) is 0.786. The zero-order chi connectivity index (χ0) is 21.0. The molecule has 1 saturated heterocycles. The van der Waals surface area contributed by atoms with E-state index in [1.54, 1.807) is 12.1 Å². The molecule has 6 nitrogen and oxygen atoms in total. The van der Waals surface area contributed by atoms with Crippen LogP contribution in [-0.4, -0.2) is 56.3 Å². The normalized spacial score (nSPS) is 16.0. The molecule has 0 aromatic heterocycles. The number of carbonyl (C=O) groups is 1. The lowest BCUT2D eigenvalue weighted by molar-refractivity contribution is -0.122. The Hall–Kier alpha value is -2.22. The van der Waals surface area contributed by atoms with Crippen molar-refractivity contribution in [3.05, 3.63) is 64.7 Å². The van der Waals surface area contributed by atoms with Crippen LogP contribution in [0.1, 0.15) is 22.3 Å². The molecule has 29 heavy (non-hydrogen) atoms. The van der Waals surface area contributed by atoms with Crippen molar-refractivity contribution in [1.82, 2.24) is 14.5 Å². The minimum Gasteiger partial charge on any atom is -0.351 e. The van der Waals surface area contributed by atoms with Crippen molar-refractivity contribution in [3.63, 3.8) is 0 Å². The van der Waals surface area contributed by atoms with Gasteiger partial charge in [-0.05, 0) is 49.6 Å². The SMILES string of the molecule is Cc1ccc(CNC(=O)CN2CCN(S(=O)(=O)c3ccc(C)c(C)c3)CC2)cc1. The number of nitrogens with zero attached hydrogens (tertiary/aromatic N) is 2. The largest absolute Gasteiger partial charge is 0.351 e. The average molecular weight is 416 g/mol. The zero-order valence-corrected chi connectivity index (χ0v) is 18.1. The lowest BCUT2D eigenvalue weighted by atomic mass is 10.1. The average Bonchev–Trinajstić information content (AvgIpc) is 2.70. The Labute approximate surface area is 173 Å². The van der Waals surface area contributed by atoms with Gasteiger partial charge in [-0.25, -0.2) is 8.42 Å². The maximum Gasteiger partial charge on any atom is 0.243 e. The third-order valence-corrected chi connectivity index (χ3v) is 7.32. The van der Waals surface area contributed by atoms with Gasteiger partial charge in [-0.15, -0.1) is 0 Å². The van der Waals surface area contributed by atoms with Gasteiger partial charge in [0, 0.05) is 32.7 Å². The molecule has 1 N–H and O–H groups in total. The van der Waals surface area contributed by atoms with Gasteiger partial charge in [0.2, 0.25) is 15.9 Å². The number of hydrogen-bond acceptors (Lipinski definition) is 4. The van der Waals surface area contributed by atoms with Crippen LogP contribution in [0.2, 0.25) is 0 Å². The second-order valence-corrected chi connectivity index (χ2v) is 9.63. The Bertz CT molecular complexity index is 963. The van der Waals surface area contributed by atoms with Gasteiger partial charge in [0.25, 0.3) is 0 Å². The van der Waals surface area contributed by atoms with Crippen LogP contribution in [-0.2, 0) is 21.4 Å². The molecule has 1 aliphatic heterocycles. The number of aryl methyl sites for hydroxylation is 3. The van der Waals surface area contributed by atoms with Gasteiger partial charge in [-0.3, -0.25) is 9.69 Å². The van der Waals surface area contributed by atoms with Crippen LogP contribution in [0.5, 0.6) is 0 Å². The summed E-state index contributed by atoms with van der Waals surface area (Å²) in [5, 5.41) is 2.93. The molecule has 3 rings (SSSR count). The first-order chi connectivity index (χ1) is 13.8. The van der Waals surface area contributed by atoms with E-state index in [0.717, 1.165) is 16.7 Å². The van der Waals surface area contributed by atoms with Crippen LogP contribution in [0.15, 0.2) is 47.4 Å². The maximum absolute atomic E-state index is 12.9. The molecular weight excluding hydrogens is 386 g/mol. The van der Waals surface area contributed by atoms with Crippen LogP contribution in [0.25, 0.3) is 0 Å². The summed E-state index contributed by atoms with van der Waals surface area (Å²) in [4.78, 5) is 14.6. The second kappa shape index (κ2) is 9.07. The number of carbonyl (C=O) groups excluding carboxylic acids is 1. The molecule has 1 heterocycles. The van der Waals surface area contributed by atoms with Crippen molar-refractivity contribution in [2.45, 2.75) is 32.2 Å². The number of rotatable bonds is 6. The molecule has 156 valence electrons. The molecule has 2 aromatic carbocycles. The number of piperazine rings is 1. The minimum atomic E-state index is -3.50. The maximum atomic E-state index is 12.9. The minimum absolute atomic E-state index is 0.0453. The van der Waals surface area contributed by atoms with E-state index < -0.39 is 10.0 Å². The number of hydrogen-bond donors (Lipinski definition) is 1. The Balaban J connectivity index is 1.50. The smallest absolute Gasteiger partial charge is 0.243 e. The summed E-state index contributed by atoms with van der Waals surface area (Å²) in [6.07, 6.45) is 0. The van der Waals surface area contributed by atoms with Crippen molar-refractivity contribution >= 4 is 15.9 Å². The van der Waals surface area contributed by atoms with Crippen LogP contribution < -0.4 is 5.32 Å². The first kappa shape index (κ1) is 21.5. The fraction of sp³-hybridized carbons (Fsp3) is 0.409. The highest BCUT2D eigenvalue weighted by molar-refractivity contribution is 7.89. The summed E-state index contributed by atoms with van der Waals surface area (Å²) < 4.78 is 27.3. The van der Waals surface area contributed by atoms with Gasteiger partial charge in [0.15, 0.2) is 0 Å². The van der Waals surface area contributed by atoms with E-state index >= 15 is 0 Å². The molecule has 1 amide bonds. The van der Waals surface area contributed by atoms with Crippen molar-refractivity contribution in [3.8, 4) is 0 Å². The lowest BCUT2D eigenvalue weighted by Gasteiger charge is -2.33. The van der Waals surface area contributed by atoms with Gasteiger partial charge in [-0.1, -0.05) is 35.9 Å². The zero-order valence-electron chi connectivity index (χ0n) is 17.3. The van der Waals surface area contributed by atoms with Gasteiger partial charge < -0.3 is 5.32 Å². The number of benzene rings is 2. The summed E-state index contributed by atoms with van der Waals surface area (Å²) in [6.45, 7) is 8.56. The van der Waals surface area contributed by atoms with E-state index in [9.17, 15) is 13.2 Å². The van der Waals surface area contributed by atoms with E-state index in [2.05, 4.69) is 5.32 Å². The van der Waals surface area contributed by atoms with Gasteiger partial charge in [0.05, 0.1) is 11.4 Å².